The van der Waals surface area contributed by atoms with Crippen molar-refractivity contribution in [2.24, 2.45) is 11.3 Å². The van der Waals surface area contributed by atoms with Gasteiger partial charge in [-0.2, -0.15) is 0 Å². The van der Waals surface area contributed by atoms with E-state index in [0.717, 1.165) is 24.0 Å². The predicted molar refractivity (Wildman–Crippen MR) is 86.4 cm³/mol. The van der Waals surface area contributed by atoms with E-state index in [9.17, 15) is 0 Å². The molecule has 1 heterocycles. The van der Waals surface area contributed by atoms with E-state index >= 15 is 0 Å². The molecule has 2 rings (SSSR count). The Bertz CT molecular complexity index is 399. The molecule has 1 saturated carbocycles. The van der Waals surface area contributed by atoms with Crippen molar-refractivity contribution in [2.75, 3.05) is 13.1 Å². The molecule has 0 aromatic carbocycles. The van der Waals surface area contributed by atoms with Crippen LogP contribution >= 0.6 is 22.9 Å². The summed E-state index contributed by atoms with van der Waals surface area (Å²) in [5.41, 5.74) is 0.458. The minimum atomic E-state index is 0.458. The number of hydrogen-bond acceptors (Lipinski definition) is 2. The number of hydrogen-bond donors (Lipinski definition) is 1. The van der Waals surface area contributed by atoms with E-state index in [4.69, 9.17) is 11.6 Å². The van der Waals surface area contributed by atoms with Crippen molar-refractivity contribution in [2.45, 2.75) is 52.4 Å². The molecule has 2 unspecified atom stereocenters. The summed E-state index contributed by atoms with van der Waals surface area (Å²) in [7, 11) is 0. The average molecular weight is 300 g/mol. The Morgan fingerprint density at radius 3 is 2.89 bits per heavy atom. The Morgan fingerprint density at radius 2 is 2.26 bits per heavy atom. The second-order valence-corrected chi connectivity index (χ2v) is 7.97. The SMILES string of the molecule is CCCNCC1CCC(C)(C)CC1c1sccc1Cl. The highest BCUT2D eigenvalue weighted by Gasteiger charge is 2.36. The fraction of sp³-hybridized carbons (Fsp3) is 0.750. The van der Waals surface area contributed by atoms with E-state index in [1.54, 1.807) is 0 Å². The first kappa shape index (κ1) is 15.3. The zero-order valence-corrected chi connectivity index (χ0v) is 13.9. The third kappa shape index (κ3) is 3.96. The largest absolute Gasteiger partial charge is 0.316 e. The van der Waals surface area contributed by atoms with Crippen molar-refractivity contribution in [1.29, 1.82) is 0 Å². The van der Waals surface area contributed by atoms with Crippen LogP contribution in [0.5, 0.6) is 0 Å². The lowest BCUT2D eigenvalue weighted by atomic mass is 9.66. The lowest BCUT2D eigenvalue weighted by molar-refractivity contribution is 0.161. The van der Waals surface area contributed by atoms with E-state index in [-0.39, 0.29) is 0 Å². The smallest absolute Gasteiger partial charge is 0.0547 e. The van der Waals surface area contributed by atoms with Crippen molar-refractivity contribution >= 4 is 22.9 Å². The van der Waals surface area contributed by atoms with Gasteiger partial charge in [-0.05, 0) is 67.5 Å². The van der Waals surface area contributed by atoms with Crippen LogP contribution in [-0.4, -0.2) is 13.1 Å². The maximum absolute atomic E-state index is 6.38. The molecule has 1 fully saturated rings. The van der Waals surface area contributed by atoms with Gasteiger partial charge in [-0.15, -0.1) is 11.3 Å². The normalized spacial score (nSPS) is 26.5. The Kier molecular flexibility index (Phi) is 5.33. The van der Waals surface area contributed by atoms with Crippen LogP contribution < -0.4 is 5.32 Å². The van der Waals surface area contributed by atoms with Gasteiger partial charge in [0.15, 0.2) is 0 Å². The average Bonchev–Trinajstić information content (AvgIpc) is 2.77. The molecule has 1 nitrogen and oxygen atoms in total. The van der Waals surface area contributed by atoms with E-state index in [1.807, 2.05) is 11.3 Å². The fourth-order valence-corrected chi connectivity index (χ4v) is 4.62. The van der Waals surface area contributed by atoms with Gasteiger partial charge >= 0.3 is 0 Å². The summed E-state index contributed by atoms with van der Waals surface area (Å²) in [6.07, 6.45) is 5.14. The molecule has 1 N–H and O–H groups in total. The zero-order chi connectivity index (χ0) is 13.9. The molecule has 19 heavy (non-hydrogen) atoms. The molecule has 2 atom stereocenters. The summed E-state index contributed by atoms with van der Waals surface area (Å²) in [4.78, 5) is 1.41. The lowest BCUT2D eigenvalue weighted by Crippen LogP contribution is -2.34. The van der Waals surface area contributed by atoms with Crippen molar-refractivity contribution in [3.8, 4) is 0 Å². The molecule has 1 aliphatic rings. The van der Waals surface area contributed by atoms with Crippen LogP contribution in [0.25, 0.3) is 0 Å². The fourth-order valence-electron chi connectivity index (χ4n) is 3.23. The summed E-state index contributed by atoms with van der Waals surface area (Å²) in [5.74, 6) is 1.39. The minimum Gasteiger partial charge on any atom is -0.316 e. The van der Waals surface area contributed by atoms with Gasteiger partial charge in [0.05, 0.1) is 5.02 Å². The summed E-state index contributed by atoms with van der Waals surface area (Å²) >= 11 is 8.22. The van der Waals surface area contributed by atoms with Gasteiger partial charge in [0, 0.05) is 4.88 Å². The van der Waals surface area contributed by atoms with Gasteiger partial charge in [-0.3, -0.25) is 0 Å². The third-order valence-corrected chi connectivity index (χ3v) is 5.84. The van der Waals surface area contributed by atoms with Gasteiger partial charge < -0.3 is 5.32 Å². The van der Waals surface area contributed by atoms with E-state index < -0.39 is 0 Å². The highest BCUT2D eigenvalue weighted by molar-refractivity contribution is 7.10. The predicted octanol–water partition coefficient (Wildman–Crippen LogP) is 5.31. The van der Waals surface area contributed by atoms with E-state index in [0.29, 0.717) is 11.3 Å². The van der Waals surface area contributed by atoms with Crippen LogP contribution in [0.15, 0.2) is 11.4 Å². The van der Waals surface area contributed by atoms with Crippen molar-refractivity contribution in [3.63, 3.8) is 0 Å². The third-order valence-electron chi connectivity index (χ3n) is 4.35. The molecule has 108 valence electrons. The molecule has 0 radical (unpaired) electrons. The van der Waals surface area contributed by atoms with Gasteiger partial charge in [-0.1, -0.05) is 32.4 Å². The Balaban J connectivity index is 2.10. The molecular weight excluding hydrogens is 274 g/mol. The molecule has 0 aliphatic heterocycles. The second-order valence-electron chi connectivity index (χ2n) is 6.61. The van der Waals surface area contributed by atoms with Crippen LogP contribution in [0.2, 0.25) is 5.02 Å². The lowest BCUT2D eigenvalue weighted by Gasteiger charge is -2.41. The maximum atomic E-state index is 6.38. The quantitative estimate of drug-likeness (QED) is 0.726. The summed E-state index contributed by atoms with van der Waals surface area (Å²) in [5, 5.41) is 6.72. The highest BCUT2D eigenvalue weighted by Crippen LogP contribution is 2.49. The molecule has 0 bridgehead atoms. The van der Waals surface area contributed by atoms with Crippen molar-refractivity contribution < 1.29 is 0 Å². The molecule has 1 aliphatic carbocycles. The molecule has 0 saturated heterocycles. The first-order valence-corrected chi connectivity index (χ1v) is 8.73. The number of thiophene rings is 1. The van der Waals surface area contributed by atoms with Gasteiger partial charge in [0.25, 0.3) is 0 Å². The summed E-state index contributed by atoms with van der Waals surface area (Å²) in [6, 6.07) is 2.06. The Labute approximate surface area is 126 Å². The first-order chi connectivity index (χ1) is 9.03. The molecule has 1 aromatic rings. The Morgan fingerprint density at radius 1 is 1.47 bits per heavy atom. The second kappa shape index (κ2) is 6.60. The number of nitrogens with one attached hydrogen (secondary N) is 1. The Hall–Kier alpha value is -0.0500. The highest BCUT2D eigenvalue weighted by atomic mass is 35.5. The first-order valence-electron chi connectivity index (χ1n) is 7.47. The molecule has 0 amide bonds. The van der Waals surface area contributed by atoms with E-state index in [2.05, 4.69) is 37.5 Å². The zero-order valence-electron chi connectivity index (χ0n) is 12.3. The van der Waals surface area contributed by atoms with Gasteiger partial charge in [-0.25, -0.2) is 0 Å². The van der Waals surface area contributed by atoms with Crippen LogP contribution in [0.1, 0.15) is 57.2 Å². The number of rotatable bonds is 5. The summed E-state index contributed by atoms with van der Waals surface area (Å²) < 4.78 is 0. The van der Waals surface area contributed by atoms with Crippen LogP contribution in [-0.2, 0) is 0 Å². The molecule has 3 heteroatoms. The van der Waals surface area contributed by atoms with Gasteiger partial charge in [0.2, 0.25) is 0 Å². The van der Waals surface area contributed by atoms with Gasteiger partial charge in [0.1, 0.15) is 0 Å². The van der Waals surface area contributed by atoms with Crippen molar-refractivity contribution in [1.82, 2.24) is 5.32 Å². The summed E-state index contributed by atoms with van der Waals surface area (Å²) in [6.45, 7) is 9.30. The van der Waals surface area contributed by atoms with Crippen molar-refractivity contribution in [3.05, 3.63) is 21.3 Å². The molecule has 1 aromatic heterocycles. The van der Waals surface area contributed by atoms with Crippen LogP contribution in [0, 0.1) is 11.3 Å². The minimum absolute atomic E-state index is 0.458. The molecular formula is C16H26ClNS. The van der Waals surface area contributed by atoms with Crippen LogP contribution in [0.4, 0.5) is 0 Å². The van der Waals surface area contributed by atoms with Crippen LogP contribution in [0.3, 0.4) is 0 Å². The number of halogens is 1. The van der Waals surface area contributed by atoms with E-state index in [1.165, 1.54) is 30.6 Å². The monoisotopic (exact) mass is 299 g/mol. The standard InChI is InChI=1S/C16H26ClNS/c1-4-8-18-11-12-5-7-16(2,3)10-13(12)15-14(17)6-9-19-15/h6,9,12-13,18H,4-5,7-8,10-11H2,1-3H3. The maximum Gasteiger partial charge on any atom is 0.0547 e. The molecule has 0 spiro atoms. The topological polar surface area (TPSA) is 12.0 Å².